The number of hydrogen-bond acceptors (Lipinski definition) is 10. The van der Waals surface area contributed by atoms with E-state index in [1.807, 2.05) is 13.8 Å². The van der Waals surface area contributed by atoms with Gasteiger partial charge < -0.3 is 39.4 Å². The van der Waals surface area contributed by atoms with E-state index in [1.54, 1.807) is 0 Å². The quantitative estimate of drug-likeness (QED) is 0.204. The number of ether oxygens (including phenoxy) is 4. The molecule has 4 N–H and O–H groups in total. The highest BCUT2D eigenvalue weighted by Crippen LogP contribution is 2.23. The van der Waals surface area contributed by atoms with E-state index in [0.29, 0.717) is 12.8 Å². The molecule has 1 aliphatic heterocycles. The maximum absolute atomic E-state index is 11.8. The summed E-state index contributed by atoms with van der Waals surface area (Å²) in [6.45, 7) is 2.92. The van der Waals surface area contributed by atoms with Crippen LogP contribution in [0.2, 0.25) is 0 Å². The molecule has 182 valence electrons. The molecular weight excluding hydrogens is 412 g/mol. The maximum atomic E-state index is 11.8. The summed E-state index contributed by atoms with van der Waals surface area (Å²) in [6.07, 6.45) is -2.67. The fourth-order valence-corrected chi connectivity index (χ4v) is 3.04. The van der Waals surface area contributed by atoms with Gasteiger partial charge in [0.05, 0.1) is 6.61 Å². The van der Waals surface area contributed by atoms with E-state index in [0.717, 1.165) is 25.7 Å². The summed E-state index contributed by atoms with van der Waals surface area (Å²) < 4.78 is 21.1. The lowest BCUT2D eigenvalue weighted by molar-refractivity contribution is -0.315. The van der Waals surface area contributed by atoms with E-state index in [1.165, 1.54) is 0 Å². The Bertz CT molecular complexity index is 512. The van der Waals surface area contributed by atoms with Gasteiger partial charge in [0.2, 0.25) is 0 Å². The van der Waals surface area contributed by atoms with Crippen LogP contribution in [0.25, 0.3) is 0 Å². The Hall–Kier alpha value is -1.30. The van der Waals surface area contributed by atoms with Crippen molar-refractivity contribution in [3.8, 4) is 0 Å². The van der Waals surface area contributed by atoms with Crippen LogP contribution in [0.1, 0.15) is 65.2 Å². The molecule has 0 aliphatic carbocycles. The second-order valence-corrected chi connectivity index (χ2v) is 7.74. The van der Waals surface area contributed by atoms with Crippen LogP contribution in [-0.4, -0.2) is 89.0 Å². The SMILES string of the molecule is CCCCCC(=O)OCC(CO)O[C@@H]1O[C@H](COC(=O)CCCCC)[C@@H](O)[C@H](O)[C@H]1O. The van der Waals surface area contributed by atoms with Crippen molar-refractivity contribution in [1.29, 1.82) is 0 Å². The van der Waals surface area contributed by atoms with E-state index in [-0.39, 0.29) is 26.1 Å². The lowest BCUT2D eigenvalue weighted by Crippen LogP contribution is -2.60. The van der Waals surface area contributed by atoms with Crippen LogP contribution >= 0.6 is 0 Å². The van der Waals surface area contributed by atoms with Crippen LogP contribution in [0.5, 0.6) is 0 Å². The van der Waals surface area contributed by atoms with Crippen LogP contribution in [0.4, 0.5) is 0 Å². The number of esters is 2. The molecule has 0 bridgehead atoms. The summed E-state index contributed by atoms with van der Waals surface area (Å²) in [4.78, 5) is 23.5. The third-order valence-corrected chi connectivity index (χ3v) is 5.01. The minimum Gasteiger partial charge on any atom is -0.463 e. The standard InChI is InChI=1S/C21H38O10/c1-3-5-7-9-16(23)28-12-14(11-22)30-21-20(27)19(26)18(25)15(31-21)13-29-17(24)10-8-6-4-2/h14-15,18-22,25-27H,3-13H2,1-2H3/t14?,15-,18-,19+,20-,21-/m1/s1. The third kappa shape index (κ3) is 10.2. The Morgan fingerprint density at radius 3 is 2.00 bits per heavy atom. The molecule has 1 saturated heterocycles. The van der Waals surface area contributed by atoms with E-state index < -0.39 is 55.4 Å². The molecule has 0 radical (unpaired) electrons. The fraction of sp³-hybridized carbons (Fsp3) is 0.905. The normalized spacial score (nSPS) is 27.0. The molecule has 6 atom stereocenters. The van der Waals surface area contributed by atoms with Crippen molar-refractivity contribution in [3.05, 3.63) is 0 Å². The summed E-state index contributed by atoms with van der Waals surface area (Å²) in [7, 11) is 0. The average molecular weight is 451 g/mol. The highest BCUT2D eigenvalue weighted by atomic mass is 16.7. The lowest BCUT2D eigenvalue weighted by atomic mass is 9.99. The van der Waals surface area contributed by atoms with E-state index in [9.17, 15) is 30.0 Å². The summed E-state index contributed by atoms with van der Waals surface area (Å²) in [6, 6.07) is 0. The number of carbonyl (C=O) groups excluding carboxylic acids is 2. The molecule has 31 heavy (non-hydrogen) atoms. The molecule has 0 aromatic rings. The van der Waals surface area contributed by atoms with Crippen molar-refractivity contribution in [2.45, 2.75) is 102 Å². The third-order valence-electron chi connectivity index (χ3n) is 5.01. The van der Waals surface area contributed by atoms with Crippen molar-refractivity contribution in [2.24, 2.45) is 0 Å². The van der Waals surface area contributed by atoms with Gasteiger partial charge in [-0.3, -0.25) is 9.59 Å². The van der Waals surface area contributed by atoms with Crippen LogP contribution in [0, 0.1) is 0 Å². The minimum atomic E-state index is -1.61. The number of aliphatic hydroxyl groups is 4. The predicted octanol–water partition coefficient (Wildman–Crippen LogP) is 0.418. The monoisotopic (exact) mass is 450 g/mol. The van der Waals surface area contributed by atoms with Gasteiger partial charge in [0.15, 0.2) is 6.29 Å². The zero-order valence-corrected chi connectivity index (χ0v) is 18.5. The molecule has 0 spiro atoms. The number of rotatable bonds is 15. The first kappa shape index (κ1) is 27.7. The molecule has 10 nitrogen and oxygen atoms in total. The van der Waals surface area contributed by atoms with Gasteiger partial charge >= 0.3 is 11.9 Å². The molecule has 10 heteroatoms. The van der Waals surface area contributed by atoms with Gasteiger partial charge in [-0.1, -0.05) is 39.5 Å². The number of unbranched alkanes of at least 4 members (excludes halogenated alkanes) is 4. The van der Waals surface area contributed by atoms with Crippen molar-refractivity contribution >= 4 is 11.9 Å². The summed E-state index contributed by atoms with van der Waals surface area (Å²) >= 11 is 0. The molecule has 0 saturated carbocycles. The van der Waals surface area contributed by atoms with Crippen molar-refractivity contribution in [2.75, 3.05) is 19.8 Å². The van der Waals surface area contributed by atoms with Gasteiger partial charge in [0.1, 0.15) is 43.7 Å². The molecule has 0 amide bonds. The lowest BCUT2D eigenvalue weighted by Gasteiger charge is -2.40. The molecule has 0 aromatic carbocycles. The average Bonchev–Trinajstić information content (AvgIpc) is 2.76. The molecule has 1 rings (SSSR count). The Kier molecular flexibility index (Phi) is 13.9. The van der Waals surface area contributed by atoms with Gasteiger partial charge in [-0.05, 0) is 12.8 Å². The molecule has 1 unspecified atom stereocenters. The van der Waals surface area contributed by atoms with E-state index in [4.69, 9.17) is 18.9 Å². The molecule has 1 aliphatic rings. The van der Waals surface area contributed by atoms with Crippen LogP contribution in [0.15, 0.2) is 0 Å². The van der Waals surface area contributed by atoms with Gasteiger partial charge in [0.25, 0.3) is 0 Å². The number of hydrogen-bond donors (Lipinski definition) is 4. The summed E-state index contributed by atoms with van der Waals surface area (Å²) in [5, 5.41) is 39.9. The van der Waals surface area contributed by atoms with Crippen molar-refractivity contribution in [1.82, 2.24) is 0 Å². The Morgan fingerprint density at radius 2 is 1.45 bits per heavy atom. The van der Waals surface area contributed by atoms with Crippen LogP contribution in [-0.2, 0) is 28.5 Å². The highest BCUT2D eigenvalue weighted by Gasteiger charge is 2.45. The zero-order valence-electron chi connectivity index (χ0n) is 18.5. The van der Waals surface area contributed by atoms with Gasteiger partial charge in [0, 0.05) is 12.8 Å². The second kappa shape index (κ2) is 15.5. The smallest absolute Gasteiger partial charge is 0.305 e. The van der Waals surface area contributed by atoms with Crippen molar-refractivity contribution < 1.29 is 49.0 Å². The first-order valence-electron chi connectivity index (χ1n) is 11.1. The highest BCUT2D eigenvalue weighted by molar-refractivity contribution is 5.69. The summed E-state index contributed by atoms with van der Waals surface area (Å²) in [5.41, 5.74) is 0. The van der Waals surface area contributed by atoms with Gasteiger partial charge in [-0.15, -0.1) is 0 Å². The largest absolute Gasteiger partial charge is 0.463 e. The topological polar surface area (TPSA) is 152 Å². The molecule has 1 heterocycles. The maximum Gasteiger partial charge on any atom is 0.305 e. The van der Waals surface area contributed by atoms with Gasteiger partial charge in [-0.2, -0.15) is 0 Å². The van der Waals surface area contributed by atoms with E-state index in [2.05, 4.69) is 0 Å². The minimum absolute atomic E-state index is 0.234. The summed E-state index contributed by atoms with van der Waals surface area (Å²) in [5.74, 6) is -0.880. The molecular formula is C21H38O10. The Balaban J connectivity index is 2.54. The van der Waals surface area contributed by atoms with Crippen LogP contribution in [0.3, 0.4) is 0 Å². The number of aliphatic hydroxyl groups excluding tert-OH is 4. The van der Waals surface area contributed by atoms with Crippen LogP contribution < -0.4 is 0 Å². The Labute approximate surface area is 183 Å². The Morgan fingerprint density at radius 1 is 0.871 bits per heavy atom. The molecule has 0 aromatic heterocycles. The first-order chi connectivity index (χ1) is 14.8. The fourth-order valence-electron chi connectivity index (χ4n) is 3.04. The zero-order chi connectivity index (χ0) is 23.2. The molecule has 1 fully saturated rings. The van der Waals surface area contributed by atoms with E-state index >= 15 is 0 Å². The number of carbonyl (C=O) groups is 2. The second-order valence-electron chi connectivity index (χ2n) is 7.74. The predicted molar refractivity (Wildman–Crippen MR) is 109 cm³/mol. The first-order valence-corrected chi connectivity index (χ1v) is 11.1. The van der Waals surface area contributed by atoms with Gasteiger partial charge in [-0.25, -0.2) is 0 Å². The van der Waals surface area contributed by atoms with Crippen molar-refractivity contribution in [3.63, 3.8) is 0 Å².